The average molecular weight is 219 g/mol. The van der Waals surface area contributed by atoms with Crippen molar-refractivity contribution < 1.29 is 8.42 Å². The zero-order valence-corrected chi connectivity index (χ0v) is 9.94. The van der Waals surface area contributed by atoms with Gasteiger partial charge in [0.2, 0.25) is 0 Å². The molecular weight excluding hydrogens is 198 g/mol. The highest BCUT2D eigenvalue weighted by atomic mass is 32.2. The standard InChI is InChI=1S/C10H21NO2S/c1-3-11-8-9-5-4-6-10(7-9)14(2,12)13/h9-11H,3-8H2,1-2H3. The lowest BCUT2D eigenvalue weighted by atomic mass is 9.89. The van der Waals surface area contributed by atoms with Crippen LogP contribution in [0.3, 0.4) is 0 Å². The minimum absolute atomic E-state index is 0.0834. The van der Waals surface area contributed by atoms with Crippen molar-refractivity contribution in [1.82, 2.24) is 5.32 Å². The molecule has 1 rings (SSSR count). The highest BCUT2D eigenvalue weighted by molar-refractivity contribution is 7.91. The van der Waals surface area contributed by atoms with Gasteiger partial charge in [0.15, 0.2) is 0 Å². The maximum Gasteiger partial charge on any atom is 0.150 e. The van der Waals surface area contributed by atoms with E-state index in [9.17, 15) is 8.42 Å². The van der Waals surface area contributed by atoms with Gasteiger partial charge in [0, 0.05) is 6.26 Å². The van der Waals surface area contributed by atoms with Gasteiger partial charge < -0.3 is 5.32 Å². The summed E-state index contributed by atoms with van der Waals surface area (Å²) in [7, 11) is -2.81. The Bertz CT molecular complexity index is 261. The van der Waals surface area contributed by atoms with Crippen molar-refractivity contribution >= 4 is 9.84 Å². The maximum absolute atomic E-state index is 11.4. The zero-order chi connectivity index (χ0) is 10.6. The fourth-order valence-corrected chi connectivity index (χ4v) is 3.38. The van der Waals surface area contributed by atoms with E-state index in [1.165, 1.54) is 12.7 Å². The summed E-state index contributed by atoms with van der Waals surface area (Å²) in [6.45, 7) is 4.03. The van der Waals surface area contributed by atoms with Crippen molar-refractivity contribution in [2.24, 2.45) is 5.92 Å². The van der Waals surface area contributed by atoms with Crippen LogP contribution in [0.2, 0.25) is 0 Å². The van der Waals surface area contributed by atoms with Gasteiger partial charge in [-0.25, -0.2) is 8.42 Å². The van der Waals surface area contributed by atoms with E-state index in [0.29, 0.717) is 5.92 Å². The lowest BCUT2D eigenvalue weighted by molar-refractivity contribution is 0.344. The predicted octanol–water partition coefficient (Wildman–Crippen LogP) is 1.20. The van der Waals surface area contributed by atoms with Gasteiger partial charge >= 0.3 is 0 Å². The Morgan fingerprint density at radius 3 is 2.64 bits per heavy atom. The number of sulfone groups is 1. The minimum Gasteiger partial charge on any atom is -0.317 e. The zero-order valence-electron chi connectivity index (χ0n) is 9.12. The van der Waals surface area contributed by atoms with Gasteiger partial charge in [0.05, 0.1) is 5.25 Å². The van der Waals surface area contributed by atoms with E-state index < -0.39 is 9.84 Å². The Balaban J connectivity index is 2.44. The molecule has 0 aromatic heterocycles. The van der Waals surface area contributed by atoms with E-state index in [4.69, 9.17) is 0 Å². The molecule has 0 aromatic rings. The first-order valence-corrected chi connectivity index (χ1v) is 7.39. The molecule has 1 saturated carbocycles. The second-order valence-electron chi connectivity index (χ2n) is 4.29. The fourth-order valence-electron chi connectivity index (χ4n) is 2.16. The van der Waals surface area contributed by atoms with Crippen LogP contribution in [0, 0.1) is 5.92 Å². The van der Waals surface area contributed by atoms with Crippen molar-refractivity contribution in [3.63, 3.8) is 0 Å². The molecule has 4 heteroatoms. The van der Waals surface area contributed by atoms with Crippen LogP contribution in [-0.4, -0.2) is 33.0 Å². The van der Waals surface area contributed by atoms with Crippen molar-refractivity contribution in [2.45, 2.75) is 37.9 Å². The molecule has 2 atom stereocenters. The topological polar surface area (TPSA) is 46.2 Å². The third-order valence-corrected chi connectivity index (χ3v) is 4.66. The average Bonchev–Trinajstić information content (AvgIpc) is 2.14. The lowest BCUT2D eigenvalue weighted by Crippen LogP contribution is -2.32. The van der Waals surface area contributed by atoms with E-state index in [2.05, 4.69) is 12.2 Å². The maximum atomic E-state index is 11.4. The molecule has 0 bridgehead atoms. The first kappa shape index (κ1) is 12.0. The number of nitrogens with one attached hydrogen (secondary N) is 1. The summed E-state index contributed by atoms with van der Waals surface area (Å²) in [4.78, 5) is 0. The van der Waals surface area contributed by atoms with Crippen molar-refractivity contribution in [1.29, 1.82) is 0 Å². The highest BCUT2D eigenvalue weighted by Gasteiger charge is 2.28. The highest BCUT2D eigenvalue weighted by Crippen LogP contribution is 2.27. The summed E-state index contributed by atoms with van der Waals surface area (Å²) in [5, 5.41) is 3.21. The lowest BCUT2D eigenvalue weighted by Gasteiger charge is -2.27. The van der Waals surface area contributed by atoms with E-state index in [-0.39, 0.29) is 5.25 Å². The third-order valence-electron chi connectivity index (χ3n) is 3.02. The summed E-state index contributed by atoms with van der Waals surface area (Å²) in [5.74, 6) is 0.559. The molecule has 2 unspecified atom stereocenters. The molecule has 1 aliphatic rings. The molecule has 1 aliphatic carbocycles. The normalized spacial score (nSPS) is 29.0. The molecule has 0 aromatic carbocycles. The molecule has 0 saturated heterocycles. The van der Waals surface area contributed by atoms with Crippen LogP contribution < -0.4 is 5.32 Å². The molecule has 84 valence electrons. The van der Waals surface area contributed by atoms with E-state index in [0.717, 1.165) is 32.4 Å². The van der Waals surface area contributed by atoms with Crippen LogP contribution in [0.4, 0.5) is 0 Å². The van der Waals surface area contributed by atoms with Crippen LogP contribution in [0.1, 0.15) is 32.6 Å². The molecule has 14 heavy (non-hydrogen) atoms. The van der Waals surface area contributed by atoms with E-state index in [1.54, 1.807) is 0 Å². The first-order chi connectivity index (χ1) is 6.54. The van der Waals surface area contributed by atoms with Crippen molar-refractivity contribution in [3.8, 4) is 0 Å². The molecule has 0 aliphatic heterocycles. The predicted molar refractivity (Wildman–Crippen MR) is 59.1 cm³/mol. The van der Waals surface area contributed by atoms with Crippen LogP contribution >= 0.6 is 0 Å². The van der Waals surface area contributed by atoms with Gasteiger partial charge in [0.1, 0.15) is 9.84 Å². The number of hydrogen-bond donors (Lipinski definition) is 1. The van der Waals surface area contributed by atoms with Crippen LogP contribution in [0.5, 0.6) is 0 Å². The molecule has 1 fully saturated rings. The van der Waals surface area contributed by atoms with Crippen LogP contribution in [0.15, 0.2) is 0 Å². The van der Waals surface area contributed by atoms with Gasteiger partial charge in [-0.2, -0.15) is 0 Å². The summed E-state index contributed by atoms with van der Waals surface area (Å²) >= 11 is 0. The molecule has 1 N–H and O–H groups in total. The second-order valence-corrected chi connectivity index (χ2v) is 6.62. The summed E-state index contributed by atoms with van der Waals surface area (Å²) in [6.07, 6.45) is 5.33. The molecule has 0 amide bonds. The summed E-state index contributed by atoms with van der Waals surface area (Å²) < 4.78 is 22.8. The Morgan fingerprint density at radius 1 is 1.36 bits per heavy atom. The second kappa shape index (κ2) is 5.12. The monoisotopic (exact) mass is 219 g/mol. The first-order valence-electron chi connectivity index (χ1n) is 5.43. The molecular formula is C10H21NO2S. The molecule has 0 heterocycles. The number of rotatable bonds is 4. The van der Waals surface area contributed by atoms with E-state index >= 15 is 0 Å². The Morgan fingerprint density at radius 2 is 2.07 bits per heavy atom. The van der Waals surface area contributed by atoms with Crippen molar-refractivity contribution in [2.75, 3.05) is 19.3 Å². The van der Waals surface area contributed by atoms with Crippen molar-refractivity contribution in [3.05, 3.63) is 0 Å². The Labute approximate surface area is 87.2 Å². The SMILES string of the molecule is CCNCC1CCCC(S(C)(=O)=O)C1. The Kier molecular flexibility index (Phi) is 4.38. The molecule has 0 spiro atoms. The largest absolute Gasteiger partial charge is 0.317 e. The van der Waals surface area contributed by atoms with Gasteiger partial charge in [-0.1, -0.05) is 13.3 Å². The van der Waals surface area contributed by atoms with Crippen LogP contribution in [0.25, 0.3) is 0 Å². The smallest absolute Gasteiger partial charge is 0.150 e. The van der Waals surface area contributed by atoms with E-state index in [1.807, 2.05) is 0 Å². The van der Waals surface area contributed by atoms with Gasteiger partial charge in [-0.15, -0.1) is 0 Å². The van der Waals surface area contributed by atoms with Crippen LogP contribution in [-0.2, 0) is 9.84 Å². The fraction of sp³-hybridized carbons (Fsp3) is 1.00. The van der Waals surface area contributed by atoms with Gasteiger partial charge in [-0.05, 0) is 38.3 Å². The minimum atomic E-state index is -2.81. The van der Waals surface area contributed by atoms with Gasteiger partial charge in [0.25, 0.3) is 0 Å². The number of hydrogen-bond acceptors (Lipinski definition) is 3. The molecule has 3 nitrogen and oxygen atoms in total. The van der Waals surface area contributed by atoms with Gasteiger partial charge in [-0.3, -0.25) is 0 Å². The molecule has 0 radical (unpaired) electrons. The summed E-state index contributed by atoms with van der Waals surface area (Å²) in [5.41, 5.74) is 0. The quantitative estimate of drug-likeness (QED) is 0.773. The Hall–Kier alpha value is -0.0900. The summed E-state index contributed by atoms with van der Waals surface area (Å²) in [6, 6.07) is 0. The third kappa shape index (κ3) is 3.58.